The van der Waals surface area contributed by atoms with E-state index in [0.29, 0.717) is 29.1 Å². The Morgan fingerprint density at radius 3 is 2.30 bits per heavy atom. The number of allylic oxidation sites excluding steroid dienone is 2. The summed E-state index contributed by atoms with van der Waals surface area (Å²) in [5.41, 5.74) is -2.47. The average Bonchev–Trinajstić information content (AvgIpc) is 2.94. The number of aliphatic carboxylic acids is 1. The molecule has 33 heavy (non-hydrogen) atoms. The zero-order valence-corrected chi connectivity index (χ0v) is 20.7. The lowest BCUT2D eigenvalue weighted by atomic mass is 9.82. The van der Waals surface area contributed by atoms with Gasteiger partial charge >= 0.3 is 18.2 Å². The smallest absolute Gasteiger partial charge is 0.480 e. The number of ether oxygens (including phenoxy) is 3. The maximum Gasteiger partial charge on any atom is 0.509 e. The van der Waals surface area contributed by atoms with Crippen LogP contribution in [0.2, 0.25) is 0 Å². The number of carbonyl (C=O) groups excluding carboxylic acids is 2. The van der Waals surface area contributed by atoms with E-state index < -0.39 is 47.3 Å². The van der Waals surface area contributed by atoms with Crippen LogP contribution >= 0.6 is 11.6 Å². The maximum absolute atomic E-state index is 13.1. The van der Waals surface area contributed by atoms with Gasteiger partial charge in [-0.3, -0.25) is 9.96 Å². The van der Waals surface area contributed by atoms with Gasteiger partial charge in [-0.25, -0.2) is 19.2 Å². The molecule has 2 heterocycles. The number of hydrogen-bond acceptors (Lipinski definition) is 8. The number of amides is 1. The molecule has 2 fully saturated rings. The minimum atomic E-state index is -1.66. The third kappa shape index (κ3) is 4.91. The van der Waals surface area contributed by atoms with Crippen LogP contribution in [0.25, 0.3) is 0 Å². The molecule has 0 bridgehead atoms. The third-order valence-corrected chi connectivity index (χ3v) is 5.65. The Morgan fingerprint density at radius 1 is 1.15 bits per heavy atom. The van der Waals surface area contributed by atoms with Crippen LogP contribution in [0.3, 0.4) is 0 Å². The Morgan fingerprint density at radius 2 is 1.76 bits per heavy atom. The zero-order valence-electron chi connectivity index (χ0n) is 19.9. The molecule has 1 aliphatic carbocycles. The highest BCUT2D eigenvalue weighted by atomic mass is 35.5. The lowest BCUT2D eigenvalue weighted by Gasteiger charge is -2.47. The van der Waals surface area contributed by atoms with Gasteiger partial charge in [-0.15, -0.1) is 0 Å². The summed E-state index contributed by atoms with van der Waals surface area (Å²) in [6, 6.07) is -1.39. The van der Waals surface area contributed by atoms with Crippen LogP contribution < -0.4 is 0 Å². The molecule has 3 atom stereocenters. The van der Waals surface area contributed by atoms with Gasteiger partial charge in [0.2, 0.25) is 6.23 Å². The number of hydrogen-bond donors (Lipinski definition) is 1. The first kappa shape index (κ1) is 25.2. The molecular weight excluding hydrogens is 456 g/mol. The van der Waals surface area contributed by atoms with Gasteiger partial charge in [0.1, 0.15) is 17.2 Å². The van der Waals surface area contributed by atoms with Crippen molar-refractivity contribution >= 4 is 29.8 Å². The van der Waals surface area contributed by atoms with Crippen molar-refractivity contribution in [2.24, 2.45) is 0 Å². The largest absolute Gasteiger partial charge is 0.509 e. The minimum absolute atomic E-state index is 0.265. The molecule has 1 amide bonds. The predicted octanol–water partition coefficient (Wildman–Crippen LogP) is 4.14. The van der Waals surface area contributed by atoms with Gasteiger partial charge < -0.3 is 19.3 Å². The Labute approximate surface area is 198 Å². The number of rotatable bonds is 2. The number of likely N-dealkylation sites (tertiary alicyclic amines) is 1. The van der Waals surface area contributed by atoms with Crippen molar-refractivity contribution in [1.82, 2.24) is 9.96 Å². The molecule has 3 rings (SSSR count). The van der Waals surface area contributed by atoms with Gasteiger partial charge in [-0.1, -0.05) is 17.7 Å². The van der Waals surface area contributed by atoms with Gasteiger partial charge in [0, 0.05) is 24.1 Å². The predicted molar refractivity (Wildman–Crippen MR) is 117 cm³/mol. The summed E-state index contributed by atoms with van der Waals surface area (Å²) in [5.74, 6) is -1.29. The normalized spacial score (nSPS) is 27.5. The lowest BCUT2D eigenvalue weighted by Crippen LogP contribution is -2.60. The molecule has 3 aliphatic rings. The first-order valence-electron chi connectivity index (χ1n) is 10.7. The summed E-state index contributed by atoms with van der Waals surface area (Å²) < 4.78 is 16.7. The van der Waals surface area contributed by atoms with E-state index in [1.54, 1.807) is 48.6 Å². The number of halogens is 1. The SMILES string of the molecule is CN1O[C@H]2N(C(=O)OC(C)(C)C)[C@H](C(=O)O)C[C@@]2(OC(=O)OC(C)(C)C)C2=CCCC(Cl)=C21. The maximum atomic E-state index is 13.1. The van der Waals surface area contributed by atoms with E-state index in [2.05, 4.69) is 0 Å². The van der Waals surface area contributed by atoms with E-state index in [1.807, 2.05) is 6.08 Å². The summed E-state index contributed by atoms with van der Waals surface area (Å²) in [5, 5.41) is 11.8. The summed E-state index contributed by atoms with van der Waals surface area (Å²) in [6.45, 7) is 10.0. The number of carboxylic acids is 1. The molecule has 11 heteroatoms. The third-order valence-electron chi connectivity index (χ3n) is 5.28. The molecule has 0 unspecified atom stereocenters. The Hall–Kier alpha value is -2.46. The quantitative estimate of drug-likeness (QED) is 0.574. The van der Waals surface area contributed by atoms with E-state index in [4.69, 9.17) is 30.6 Å². The second-order valence-corrected chi connectivity index (χ2v) is 10.7. The lowest BCUT2D eigenvalue weighted by molar-refractivity contribution is -0.257. The molecule has 2 aliphatic heterocycles. The van der Waals surface area contributed by atoms with Crippen LogP contribution in [0.15, 0.2) is 22.4 Å². The van der Waals surface area contributed by atoms with Gasteiger partial charge in [-0.2, -0.15) is 0 Å². The van der Waals surface area contributed by atoms with Crippen LogP contribution in [0.5, 0.6) is 0 Å². The summed E-state index contributed by atoms with van der Waals surface area (Å²) in [6.07, 6.45) is -0.589. The van der Waals surface area contributed by atoms with Crippen molar-refractivity contribution in [2.75, 3.05) is 7.05 Å². The molecule has 2 saturated heterocycles. The van der Waals surface area contributed by atoms with Crippen molar-refractivity contribution in [2.45, 2.75) is 89.9 Å². The number of carboxylic acid groups (broad SMARTS) is 1. The van der Waals surface area contributed by atoms with Gasteiger partial charge in [-0.05, 0) is 54.4 Å². The van der Waals surface area contributed by atoms with Gasteiger partial charge in [0.15, 0.2) is 5.60 Å². The van der Waals surface area contributed by atoms with Gasteiger partial charge in [0.25, 0.3) is 0 Å². The highest BCUT2D eigenvalue weighted by Gasteiger charge is 2.66. The molecule has 0 aromatic heterocycles. The average molecular weight is 487 g/mol. The molecule has 0 saturated carbocycles. The van der Waals surface area contributed by atoms with E-state index in [0.717, 1.165) is 4.90 Å². The minimum Gasteiger partial charge on any atom is -0.480 e. The van der Waals surface area contributed by atoms with E-state index >= 15 is 0 Å². The Balaban J connectivity index is 2.14. The zero-order chi connectivity index (χ0) is 24.9. The fourth-order valence-electron chi connectivity index (χ4n) is 4.18. The van der Waals surface area contributed by atoms with Crippen molar-refractivity contribution < 1.29 is 38.5 Å². The van der Waals surface area contributed by atoms with Crippen LogP contribution in [-0.4, -0.2) is 69.4 Å². The molecule has 1 N–H and O–H groups in total. The number of hydroxylamine groups is 2. The van der Waals surface area contributed by atoms with Crippen molar-refractivity contribution in [3.8, 4) is 0 Å². The second-order valence-electron chi connectivity index (χ2n) is 10.3. The van der Waals surface area contributed by atoms with Crippen LogP contribution in [0.1, 0.15) is 60.8 Å². The van der Waals surface area contributed by atoms with Crippen LogP contribution in [-0.2, 0) is 23.8 Å². The van der Waals surface area contributed by atoms with Gasteiger partial charge in [0.05, 0.1) is 5.70 Å². The molecular formula is C22H31ClN2O8. The van der Waals surface area contributed by atoms with Crippen molar-refractivity contribution in [3.63, 3.8) is 0 Å². The highest BCUT2D eigenvalue weighted by Crippen LogP contribution is 2.52. The molecule has 0 aromatic rings. The first-order chi connectivity index (χ1) is 15.1. The van der Waals surface area contributed by atoms with E-state index in [1.165, 1.54) is 5.06 Å². The number of likely N-dealkylation sites (N-methyl/N-ethyl adjacent to an activating group) is 1. The van der Waals surface area contributed by atoms with Crippen LogP contribution in [0, 0.1) is 0 Å². The molecule has 184 valence electrons. The van der Waals surface area contributed by atoms with Crippen molar-refractivity contribution in [1.29, 1.82) is 0 Å². The Kier molecular flexibility index (Phi) is 6.40. The first-order valence-corrected chi connectivity index (χ1v) is 11.1. The topological polar surface area (TPSA) is 115 Å². The molecule has 0 aromatic carbocycles. The van der Waals surface area contributed by atoms with E-state index in [-0.39, 0.29) is 6.42 Å². The molecule has 0 radical (unpaired) electrons. The fourth-order valence-corrected chi connectivity index (χ4v) is 4.51. The number of carbonyl (C=O) groups is 3. The Bertz CT molecular complexity index is 916. The summed E-state index contributed by atoms with van der Waals surface area (Å²) >= 11 is 6.49. The number of fused-ring (bicyclic) bond motifs is 3. The molecule has 10 nitrogen and oxygen atoms in total. The number of nitrogens with zero attached hydrogens (tertiary/aromatic N) is 2. The second kappa shape index (κ2) is 8.39. The van der Waals surface area contributed by atoms with Crippen LogP contribution in [0.4, 0.5) is 9.59 Å². The fraction of sp³-hybridized carbons (Fsp3) is 0.682. The summed E-state index contributed by atoms with van der Waals surface area (Å²) in [7, 11) is 1.59. The highest BCUT2D eigenvalue weighted by molar-refractivity contribution is 6.30. The van der Waals surface area contributed by atoms with E-state index in [9.17, 15) is 19.5 Å². The van der Waals surface area contributed by atoms with Crippen molar-refractivity contribution in [3.05, 3.63) is 22.4 Å². The summed E-state index contributed by atoms with van der Waals surface area (Å²) in [4.78, 5) is 45.1. The molecule has 0 spiro atoms. The monoisotopic (exact) mass is 486 g/mol. The standard InChI is InChI=1S/C22H31ClN2O8/c1-20(2,3)30-18(28)25-14(16(26)27)11-22(32-19(29)31-21(4,5)6)12-9-8-10-13(23)15(12)24(7)33-17(22)25/h9,14,17H,8,10-11H2,1-7H3,(H,26,27)/t14-,17+,22+/m0/s1.